The average Bonchev–Trinajstić information content (AvgIpc) is 2.50. The van der Waals surface area contributed by atoms with E-state index in [1.165, 1.54) is 24.4 Å². The smallest absolute Gasteiger partial charge is 0.275 e. The molecule has 0 fully saturated rings. The molecule has 0 saturated heterocycles. The van der Waals surface area contributed by atoms with Gasteiger partial charge in [0.15, 0.2) is 11.5 Å². The Morgan fingerprint density at radius 1 is 1.14 bits per heavy atom. The fraction of sp³-hybridized carbons (Fsp3) is 0. The van der Waals surface area contributed by atoms with Crippen LogP contribution in [0.15, 0.2) is 44.4 Å². The zero-order valence-corrected chi connectivity index (χ0v) is 14.1. The van der Waals surface area contributed by atoms with Gasteiger partial charge in [0.2, 0.25) is 0 Å². The summed E-state index contributed by atoms with van der Waals surface area (Å²) in [6, 6.07) is 7.57. The molecule has 0 heterocycles. The van der Waals surface area contributed by atoms with E-state index in [1.807, 2.05) is 0 Å². The van der Waals surface area contributed by atoms with Gasteiger partial charge in [-0.05, 0) is 50.1 Å². The van der Waals surface area contributed by atoms with Crippen LogP contribution in [0, 0.1) is 0 Å². The van der Waals surface area contributed by atoms with E-state index in [4.69, 9.17) is 0 Å². The average molecular weight is 430 g/mol. The van der Waals surface area contributed by atoms with Crippen LogP contribution in [0.25, 0.3) is 0 Å². The van der Waals surface area contributed by atoms with Gasteiger partial charge >= 0.3 is 0 Å². The number of hydrogen-bond donors (Lipinski definition) is 4. The number of para-hydroxylation sites is 1. The topological polar surface area (TPSA) is 102 Å². The molecule has 6 nitrogen and oxygen atoms in total. The number of carbonyl (C=O) groups excluding carboxylic acids is 1. The maximum absolute atomic E-state index is 11.8. The molecule has 0 unspecified atom stereocenters. The van der Waals surface area contributed by atoms with E-state index in [1.54, 1.807) is 12.1 Å². The van der Waals surface area contributed by atoms with E-state index in [9.17, 15) is 20.1 Å². The third kappa shape index (κ3) is 3.40. The molecule has 0 radical (unpaired) electrons. The lowest BCUT2D eigenvalue weighted by Crippen LogP contribution is -2.17. The minimum Gasteiger partial charge on any atom is -0.507 e. The normalized spacial score (nSPS) is 10.8. The second-order valence-electron chi connectivity index (χ2n) is 4.18. The maximum atomic E-state index is 11.8. The zero-order chi connectivity index (χ0) is 16.3. The second-order valence-corrected chi connectivity index (χ2v) is 5.82. The first-order chi connectivity index (χ1) is 10.4. The Kier molecular flexibility index (Phi) is 5.04. The number of aromatic hydroxyl groups is 3. The number of halogens is 2. The maximum Gasteiger partial charge on any atom is 0.275 e. The predicted molar refractivity (Wildman–Crippen MR) is 88.3 cm³/mol. The summed E-state index contributed by atoms with van der Waals surface area (Å²) in [5, 5.41) is 32.5. The van der Waals surface area contributed by atoms with Crippen molar-refractivity contribution in [3.8, 4) is 17.2 Å². The summed E-state index contributed by atoms with van der Waals surface area (Å²) >= 11 is 6.20. The molecule has 1 amide bonds. The third-order valence-corrected chi connectivity index (χ3v) is 4.15. The summed E-state index contributed by atoms with van der Waals surface area (Å²) < 4.78 is 0.510. The molecule has 0 bridgehead atoms. The van der Waals surface area contributed by atoms with Crippen LogP contribution in [0.2, 0.25) is 0 Å². The Bertz CT molecular complexity index is 763. The van der Waals surface area contributed by atoms with Crippen molar-refractivity contribution in [2.75, 3.05) is 0 Å². The molecule has 22 heavy (non-hydrogen) atoms. The second kappa shape index (κ2) is 6.80. The summed E-state index contributed by atoms with van der Waals surface area (Å²) in [5.41, 5.74) is 2.78. The van der Waals surface area contributed by atoms with Gasteiger partial charge in [0.1, 0.15) is 5.75 Å². The van der Waals surface area contributed by atoms with Gasteiger partial charge in [0, 0.05) is 5.56 Å². The van der Waals surface area contributed by atoms with Crippen LogP contribution < -0.4 is 5.43 Å². The lowest BCUT2D eigenvalue weighted by atomic mass is 10.2. The van der Waals surface area contributed by atoms with Gasteiger partial charge in [0.25, 0.3) is 5.91 Å². The van der Waals surface area contributed by atoms with E-state index in [-0.39, 0.29) is 31.8 Å². The molecule has 4 N–H and O–H groups in total. The summed E-state index contributed by atoms with van der Waals surface area (Å²) in [6.07, 6.45) is 1.28. The van der Waals surface area contributed by atoms with Crippen molar-refractivity contribution in [3.63, 3.8) is 0 Å². The molecule has 0 spiro atoms. The van der Waals surface area contributed by atoms with Crippen molar-refractivity contribution in [2.45, 2.75) is 0 Å². The van der Waals surface area contributed by atoms with Crippen LogP contribution in [0.4, 0.5) is 0 Å². The Morgan fingerprint density at radius 3 is 2.50 bits per heavy atom. The fourth-order valence-corrected chi connectivity index (χ4v) is 2.44. The number of benzene rings is 2. The molecular formula is C14H10Br2N2O4. The molecule has 2 rings (SSSR count). The fourth-order valence-electron chi connectivity index (χ4n) is 1.60. The summed E-state index contributed by atoms with van der Waals surface area (Å²) in [6.45, 7) is 0. The van der Waals surface area contributed by atoms with Gasteiger partial charge in [0.05, 0.1) is 20.7 Å². The molecule has 0 aliphatic rings. The number of nitrogens with one attached hydrogen (secondary N) is 1. The van der Waals surface area contributed by atoms with Crippen molar-refractivity contribution in [1.29, 1.82) is 0 Å². The molecule has 2 aromatic rings. The van der Waals surface area contributed by atoms with Gasteiger partial charge in [-0.3, -0.25) is 4.79 Å². The summed E-state index contributed by atoms with van der Waals surface area (Å²) in [4.78, 5) is 11.8. The first kappa shape index (κ1) is 16.3. The Morgan fingerprint density at radius 2 is 1.82 bits per heavy atom. The first-order valence-electron chi connectivity index (χ1n) is 5.93. The number of carbonyl (C=O) groups is 1. The van der Waals surface area contributed by atoms with Crippen LogP contribution in [0.5, 0.6) is 17.2 Å². The lowest BCUT2D eigenvalue weighted by molar-refractivity contribution is 0.0952. The Hall–Kier alpha value is -2.06. The van der Waals surface area contributed by atoms with Crippen LogP contribution >= 0.6 is 31.9 Å². The zero-order valence-electron chi connectivity index (χ0n) is 10.9. The van der Waals surface area contributed by atoms with E-state index in [0.717, 1.165) is 0 Å². The number of hydrogen-bond acceptors (Lipinski definition) is 5. The molecule has 0 atom stereocenters. The van der Waals surface area contributed by atoms with E-state index < -0.39 is 5.91 Å². The Balaban J connectivity index is 2.17. The van der Waals surface area contributed by atoms with Crippen LogP contribution in [0.3, 0.4) is 0 Å². The van der Waals surface area contributed by atoms with Gasteiger partial charge in [-0.2, -0.15) is 5.10 Å². The highest BCUT2D eigenvalue weighted by Crippen LogP contribution is 2.40. The quantitative estimate of drug-likeness (QED) is 0.342. The number of hydrazone groups is 1. The monoisotopic (exact) mass is 428 g/mol. The van der Waals surface area contributed by atoms with Crippen molar-refractivity contribution >= 4 is 44.0 Å². The number of amides is 1. The standard InChI is InChI=1S/C14H10Br2N2O4/c15-9-5-7(11(16)13(21)12(9)20)6-17-18-14(22)8-3-1-2-4-10(8)19/h1-6,19-21H,(H,18,22)/b17-6-. The predicted octanol–water partition coefficient (Wildman–Crippen LogP) is 3.09. The highest BCUT2D eigenvalue weighted by Gasteiger charge is 2.13. The molecule has 0 saturated carbocycles. The lowest BCUT2D eigenvalue weighted by Gasteiger charge is -2.06. The molecule has 0 aromatic heterocycles. The van der Waals surface area contributed by atoms with Crippen molar-refractivity contribution in [2.24, 2.45) is 5.10 Å². The van der Waals surface area contributed by atoms with Gasteiger partial charge in [-0.15, -0.1) is 0 Å². The number of rotatable bonds is 3. The van der Waals surface area contributed by atoms with E-state index in [0.29, 0.717) is 5.56 Å². The molecule has 114 valence electrons. The van der Waals surface area contributed by atoms with Crippen molar-refractivity contribution in [1.82, 2.24) is 5.43 Å². The van der Waals surface area contributed by atoms with Gasteiger partial charge in [-0.25, -0.2) is 5.43 Å². The summed E-state index contributed by atoms with van der Waals surface area (Å²) in [7, 11) is 0. The third-order valence-electron chi connectivity index (χ3n) is 2.71. The van der Waals surface area contributed by atoms with Gasteiger partial charge < -0.3 is 15.3 Å². The molecule has 0 aliphatic carbocycles. The molecule has 8 heteroatoms. The molecule has 2 aromatic carbocycles. The first-order valence-corrected chi connectivity index (χ1v) is 7.51. The largest absolute Gasteiger partial charge is 0.507 e. The van der Waals surface area contributed by atoms with Gasteiger partial charge in [-0.1, -0.05) is 12.1 Å². The number of phenols is 3. The molecular weight excluding hydrogens is 420 g/mol. The Labute approximate surface area is 142 Å². The van der Waals surface area contributed by atoms with Crippen LogP contribution in [0.1, 0.15) is 15.9 Å². The van der Waals surface area contributed by atoms with Crippen LogP contribution in [-0.2, 0) is 0 Å². The van der Waals surface area contributed by atoms with E-state index in [2.05, 4.69) is 42.4 Å². The minimum absolute atomic E-state index is 0.0912. The van der Waals surface area contributed by atoms with Crippen molar-refractivity contribution in [3.05, 3.63) is 50.4 Å². The minimum atomic E-state index is -0.576. The van der Waals surface area contributed by atoms with Crippen molar-refractivity contribution < 1.29 is 20.1 Å². The highest BCUT2D eigenvalue weighted by atomic mass is 79.9. The molecule has 0 aliphatic heterocycles. The van der Waals surface area contributed by atoms with Crippen LogP contribution in [-0.4, -0.2) is 27.4 Å². The SMILES string of the molecule is O=C(N/N=C\c1cc(Br)c(O)c(O)c1Br)c1ccccc1O. The number of phenolic OH excluding ortho intramolecular Hbond substituents is 3. The van der Waals surface area contributed by atoms with E-state index >= 15 is 0 Å². The highest BCUT2D eigenvalue weighted by molar-refractivity contribution is 9.11. The summed E-state index contributed by atoms with van der Waals surface area (Å²) in [5.74, 6) is -1.38. The number of nitrogens with zero attached hydrogens (tertiary/aromatic N) is 1.